The van der Waals surface area contributed by atoms with Crippen LogP contribution in [0.2, 0.25) is 0 Å². The van der Waals surface area contributed by atoms with Gasteiger partial charge in [0, 0.05) is 18.0 Å². The lowest BCUT2D eigenvalue weighted by atomic mass is 9.77. The molecule has 0 aliphatic heterocycles. The fourth-order valence-corrected chi connectivity index (χ4v) is 8.25. The first-order valence-corrected chi connectivity index (χ1v) is 19.5. The molecule has 0 aliphatic carbocycles. The zero-order valence-corrected chi connectivity index (χ0v) is 31.7. The molecule has 8 aromatic rings. The number of rotatable bonds is 15. The molecule has 0 aliphatic rings. The van der Waals surface area contributed by atoms with Gasteiger partial charge in [0.1, 0.15) is 23.4 Å². The van der Waals surface area contributed by atoms with Crippen molar-refractivity contribution in [3.63, 3.8) is 0 Å². The molecule has 0 saturated carbocycles. The predicted molar refractivity (Wildman–Crippen MR) is 226 cm³/mol. The lowest BCUT2D eigenvalue weighted by Gasteiger charge is -2.37. The van der Waals surface area contributed by atoms with Gasteiger partial charge in [-0.3, -0.25) is 0 Å². The van der Waals surface area contributed by atoms with Crippen LogP contribution in [0.15, 0.2) is 205 Å². The smallest absolute Gasteiger partial charge is 0.360 e. The van der Waals surface area contributed by atoms with E-state index in [4.69, 9.17) is 14.8 Å². The van der Waals surface area contributed by atoms with Crippen molar-refractivity contribution in [3.8, 4) is 0 Å². The summed E-state index contributed by atoms with van der Waals surface area (Å²) in [5.74, 6) is -1.24. The van der Waals surface area contributed by atoms with Crippen molar-refractivity contribution in [1.29, 1.82) is 0 Å². The topological polar surface area (TPSA) is 102 Å². The molecule has 57 heavy (non-hydrogen) atoms. The number of nitrogens with zero attached hydrogens (tertiary/aromatic N) is 4. The summed E-state index contributed by atoms with van der Waals surface area (Å²) in [5, 5.41) is 20.3. The number of oxime groups is 1. The molecule has 0 radical (unpaired) electrons. The Morgan fingerprint density at radius 2 is 1.07 bits per heavy atom. The second-order valence-corrected chi connectivity index (χ2v) is 14.3. The van der Waals surface area contributed by atoms with Gasteiger partial charge in [0.15, 0.2) is 5.13 Å². The maximum absolute atomic E-state index is 12.6. The third kappa shape index (κ3) is 7.36. The predicted octanol–water partition coefficient (Wildman–Crippen LogP) is 9.63. The molecular formula is C48H39N5O3S. The first kappa shape index (κ1) is 36.9. The normalized spacial score (nSPS) is 11.9. The maximum atomic E-state index is 12.6. The number of benzene rings is 6. The molecule has 2 heterocycles. The fourth-order valence-electron chi connectivity index (χ4n) is 7.50. The summed E-state index contributed by atoms with van der Waals surface area (Å²) in [7, 11) is 0. The standard InChI is InChI=1S/C48H39N5O3S/c54-45(55)44(43-34-57-46(50-43)51-47(36-19-7-1-8-20-36,37-21-9-2-10-22-37)38-23-11-3-12-24-38)52-56-32-31-42-33-53(35-49-42)48(39-25-13-4-14-26-39,40-27-15-5-16-28-40)41-29-17-6-18-30-41/h1-30,33-35H,31-32H2,(H,50,51)(H,54,55)/b52-44+. The first-order chi connectivity index (χ1) is 28.1. The number of anilines is 1. The summed E-state index contributed by atoms with van der Waals surface area (Å²) in [5.41, 5.74) is 5.44. The monoisotopic (exact) mass is 765 g/mol. The number of carboxylic acids is 1. The minimum atomic E-state index is -1.24. The summed E-state index contributed by atoms with van der Waals surface area (Å²) in [4.78, 5) is 27.8. The van der Waals surface area contributed by atoms with Crippen molar-refractivity contribution in [1.82, 2.24) is 14.5 Å². The van der Waals surface area contributed by atoms with Gasteiger partial charge >= 0.3 is 5.97 Å². The van der Waals surface area contributed by atoms with Crippen LogP contribution in [0.1, 0.15) is 44.8 Å². The van der Waals surface area contributed by atoms with E-state index in [0.717, 1.165) is 39.1 Å². The summed E-state index contributed by atoms with van der Waals surface area (Å²) in [6.45, 7) is 0.108. The van der Waals surface area contributed by atoms with E-state index in [1.807, 2.05) is 122 Å². The van der Waals surface area contributed by atoms with Gasteiger partial charge < -0.3 is 19.8 Å². The number of carbonyl (C=O) groups is 1. The summed E-state index contributed by atoms with van der Waals surface area (Å²) >= 11 is 1.31. The first-order valence-electron chi connectivity index (χ1n) is 18.6. The van der Waals surface area contributed by atoms with E-state index in [9.17, 15) is 9.90 Å². The Kier molecular flexibility index (Phi) is 10.8. The molecule has 0 unspecified atom stereocenters. The number of aromatic nitrogens is 3. The number of aliphatic carboxylic acids is 1. The van der Waals surface area contributed by atoms with Crippen LogP contribution in [0.25, 0.3) is 0 Å². The van der Waals surface area contributed by atoms with E-state index in [1.54, 1.807) is 5.38 Å². The average molecular weight is 766 g/mol. The van der Waals surface area contributed by atoms with Gasteiger partial charge in [-0.05, 0) is 33.4 Å². The lowest BCUT2D eigenvalue weighted by Crippen LogP contribution is -2.38. The van der Waals surface area contributed by atoms with E-state index in [0.29, 0.717) is 11.6 Å². The number of carboxylic acid groups (broad SMARTS) is 1. The van der Waals surface area contributed by atoms with E-state index in [-0.39, 0.29) is 18.0 Å². The highest BCUT2D eigenvalue weighted by Crippen LogP contribution is 2.42. The average Bonchev–Trinajstić information content (AvgIpc) is 3.95. The SMILES string of the molecule is O=C(O)/C(=N/OCCc1cn(C(c2ccccc2)(c2ccccc2)c2ccccc2)cn1)c1csc(NC(c2ccccc2)(c2ccccc2)c2ccccc2)n1. The van der Waals surface area contributed by atoms with Crippen LogP contribution >= 0.6 is 11.3 Å². The number of hydrogen-bond acceptors (Lipinski definition) is 7. The Morgan fingerprint density at radius 3 is 1.49 bits per heavy atom. The van der Waals surface area contributed by atoms with Gasteiger partial charge in [-0.2, -0.15) is 0 Å². The Labute approximate surface area is 335 Å². The number of thiazole rings is 1. The molecular weight excluding hydrogens is 727 g/mol. The van der Waals surface area contributed by atoms with Crippen molar-refractivity contribution < 1.29 is 14.7 Å². The van der Waals surface area contributed by atoms with Gasteiger partial charge in [-0.1, -0.05) is 187 Å². The molecule has 6 aromatic carbocycles. The zero-order chi connectivity index (χ0) is 38.9. The molecule has 0 atom stereocenters. The van der Waals surface area contributed by atoms with Gasteiger partial charge in [-0.25, -0.2) is 14.8 Å². The largest absolute Gasteiger partial charge is 0.476 e. The fraction of sp³-hybridized carbons (Fsp3) is 0.0833. The van der Waals surface area contributed by atoms with E-state index < -0.39 is 17.0 Å². The van der Waals surface area contributed by atoms with Gasteiger partial charge in [0.05, 0.1) is 12.0 Å². The minimum absolute atomic E-state index is 0.108. The Balaban J connectivity index is 1.05. The molecule has 0 amide bonds. The summed E-state index contributed by atoms with van der Waals surface area (Å²) in [6.07, 6.45) is 4.27. The second kappa shape index (κ2) is 16.7. The highest BCUT2D eigenvalue weighted by molar-refractivity contribution is 7.14. The van der Waals surface area contributed by atoms with Crippen LogP contribution in [0.3, 0.4) is 0 Å². The zero-order valence-electron chi connectivity index (χ0n) is 30.9. The van der Waals surface area contributed by atoms with Crippen molar-refractivity contribution >= 4 is 28.1 Å². The van der Waals surface area contributed by atoms with Crippen LogP contribution in [-0.2, 0) is 27.1 Å². The molecule has 280 valence electrons. The molecule has 0 bridgehead atoms. The van der Waals surface area contributed by atoms with Crippen LogP contribution < -0.4 is 5.32 Å². The number of hydrogen-bond donors (Lipinski definition) is 2. The van der Waals surface area contributed by atoms with Crippen LogP contribution in [-0.4, -0.2) is 37.9 Å². The third-order valence-electron chi connectivity index (χ3n) is 10.1. The van der Waals surface area contributed by atoms with Gasteiger partial charge in [-0.15, -0.1) is 11.3 Å². The molecule has 9 heteroatoms. The third-order valence-corrected chi connectivity index (χ3v) is 10.8. The van der Waals surface area contributed by atoms with Gasteiger partial charge in [0.2, 0.25) is 5.71 Å². The minimum Gasteiger partial charge on any atom is -0.476 e. The van der Waals surface area contributed by atoms with Crippen LogP contribution in [0, 0.1) is 0 Å². The molecule has 2 N–H and O–H groups in total. The Morgan fingerprint density at radius 1 is 0.649 bits per heavy atom. The quantitative estimate of drug-likeness (QED) is 0.0467. The highest BCUT2D eigenvalue weighted by atomic mass is 32.1. The molecule has 0 spiro atoms. The maximum Gasteiger partial charge on any atom is 0.360 e. The van der Waals surface area contributed by atoms with Crippen molar-refractivity contribution in [2.75, 3.05) is 11.9 Å². The number of nitrogens with one attached hydrogen (secondary N) is 1. The highest BCUT2D eigenvalue weighted by Gasteiger charge is 2.39. The second-order valence-electron chi connectivity index (χ2n) is 13.4. The Hall–Kier alpha value is -7.10. The van der Waals surface area contributed by atoms with E-state index in [1.165, 1.54) is 11.3 Å². The van der Waals surface area contributed by atoms with Crippen molar-refractivity contribution in [2.45, 2.75) is 17.5 Å². The molecule has 0 fully saturated rings. The summed E-state index contributed by atoms with van der Waals surface area (Å²) < 4.78 is 2.14. The van der Waals surface area contributed by atoms with Crippen LogP contribution in [0.5, 0.6) is 0 Å². The lowest BCUT2D eigenvalue weighted by molar-refractivity contribution is -0.129. The van der Waals surface area contributed by atoms with E-state index in [2.05, 4.69) is 87.8 Å². The van der Waals surface area contributed by atoms with E-state index >= 15 is 0 Å². The van der Waals surface area contributed by atoms with Crippen molar-refractivity contribution in [3.05, 3.63) is 245 Å². The number of imidazole rings is 1. The summed E-state index contributed by atoms with van der Waals surface area (Å²) in [6, 6.07) is 61.6. The van der Waals surface area contributed by atoms with Crippen LogP contribution in [0.4, 0.5) is 5.13 Å². The Bertz CT molecular complexity index is 2350. The van der Waals surface area contributed by atoms with Gasteiger partial charge in [0.25, 0.3) is 0 Å². The van der Waals surface area contributed by atoms with Crippen molar-refractivity contribution in [2.24, 2.45) is 5.16 Å². The molecule has 2 aromatic heterocycles. The molecule has 8 rings (SSSR count). The molecule has 8 nitrogen and oxygen atoms in total. The molecule has 0 saturated heterocycles.